The van der Waals surface area contributed by atoms with Gasteiger partial charge in [0.1, 0.15) is 0 Å². The van der Waals surface area contributed by atoms with Crippen LogP contribution in [0.25, 0.3) is 0 Å². The van der Waals surface area contributed by atoms with Crippen LogP contribution in [0.3, 0.4) is 0 Å². The van der Waals surface area contributed by atoms with Crippen molar-refractivity contribution in [1.29, 1.82) is 0 Å². The van der Waals surface area contributed by atoms with Crippen molar-refractivity contribution in [3.8, 4) is 0 Å². The Labute approximate surface area is 78.3 Å². The van der Waals surface area contributed by atoms with Crippen LogP contribution < -0.4 is 5.32 Å². The van der Waals surface area contributed by atoms with Crippen LogP contribution >= 0.6 is 0 Å². The zero-order valence-corrected chi connectivity index (χ0v) is 7.79. The third-order valence-corrected chi connectivity index (χ3v) is 2.30. The summed E-state index contributed by atoms with van der Waals surface area (Å²) in [5.74, 6) is -0.619. The number of ether oxygens (including phenoxy) is 1. The molecule has 0 aromatic carbocycles. The minimum atomic E-state index is -0.619. The maximum atomic E-state index is 9.98. The summed E-state index contributed by atoms with van der Waals surface area (Å²) in [6.45, 7) is 3.83. The van der Waals surface area contributed by atoms with E-state index in [4.69, 9.17) is 9.84 Å². The molecule has 0 bridgehead atoms. The number of morpholine rings is 1. The lowest BCUT2D eigenvalue weighted by atomic mass is 9.86. The number of nitrogens with one attached hydrogen (secondary N) is 1. The molecule has 1 saturated carbocycles. The van der Waals surface area contributed by atoms with E-state index in [9.17, 15) is 4.79 Å². The Kier molecular flexibility index (Phi) is 4.78. The van der Waals surface area contributed by atoms with Crippen molar-refractivity contribution in [2.24, 2.45) is 5.92 Å². The number of carboxylic acid groups (broad SMARTS) is 1. The van der Waals surface area contributed by atoms with E-state index in [1.54, 1.807) is 0 Å². The van der Waals surface area contributed by atoms with E-state index in [-0.39, 0.29) is 5.92 Å². The summed E-state index contributed by atoms with van der Waals surface area (Å²) in [6, 6.07) is 0. The Morgan fingerprint density at radius 2 is 1.92 bits per heavy atom. The van der Waals surface area contributed by atoms with Crippen LogP contribution in [0, 0.1) is 5.92 Å². The smallest absolute Gasteiger partial charge is 0.306 e. The summed E-state index contributed by atoms with van der Waals surface area (Å²) in [5, 5.41) is 11.4. The van der Waals surface area contributed by atoms with Gasteiger partial charge in [0, 0.05) is 13.1 Å². The first-order valence-electron chi connectivity index (χ1n) is 4.82. The monoisotopic (exact) mass is 187 g/mol. The second-order valence-electron chi connectivity index (χ2n) is 3.33. The first-order valence-corrected chi connectivity index (χ1v) is 4.82. The van der Waals surface area contributed by atoms with E-state index in [0.29, 0.717) is 0 Å². The lowest BCUT2D eigenvalue weighted by Crippen LogP contribution is -2.30. The SMILES string of the molecule is C1COCCN1.O=C(O)C1CCC1. The molecule has 2 aliphatic rings. The van der Waals surface area contributed by atoms with E-state index in [2.05, 4.69) is 5.32 Å². The van der Waals surface area contributed by atoms with Gasteiger partial charge in [-0.25, -0.2) is 0 Å². The molecule has 13 heavy (non-hydrogen) atoms. The summed E-state index contributed by atoms with van der Waals surface area (Å²) in [5.41, 5.74) is 0. The molecule has 2 N–H and O–H groups in total. The Balaban J connectivity index is 0.000000132. The van der Waals surface area contributed by atoms with Gasteiger partial charge in [0.25, 0.3) is 0 Å². The maximum Gasteiger partial charge on any atom is 0.306 e. The summed E-state index contributed by atoms with van der Waals surface area (Å²) >= 11 is 0. The van der Waals surface area contributed by atoms with Gasteiger partial charge < -0.3 is 15.2 Å². The van der Waals surface area contributed by atoms with Gasteiger partial charge in [-0.2, -0.15) is 0 Å². The van der Waals surface area contributed by atoms with Gasteiger partial charge in [-0.05, 0) is 12.8 Å². The Morgan fingerprint density at radius 3 is 2.00 bits per heavy atom. The van der Waals surface area contributed by atoms with E-state index < -0.39 is 5.97 Å². The zero-order valence-electron chi connectivity index (χ0n) is 7.79. The molecule has 2 fully saturated rings. The van der Waals surface area contributed by atoms with Crippen molar-refractivity contribution in [3.63, 3.8) is 0 Å². The average Bonchev–Trinajstić information content (AvgIpc) is 2.04. The van der Waals surface area contributed by atoms with Crippen molar-refractivity contribution in [2.75, 3.05) is 26.3 Å². The van der Waals surface area contributed by atoms with Gasteiger partial charge in [-0.3, -0.25) is 4.79 Å². The molecule has 1 heterocycles. The van der Waals surface area contributed by atoms with Crippen LogP contribution in [0.5, 0.6) is 0 Å². The van der Waals surface area contributed by atoms with Crippen LogP contribution in [0.1, 0.15) is 19.3 Å². The summed E-state index contributed by atoms with van der Waals surface area (Å²) in [7, 11) is 0. The fourth-order valence-corrected chi connectivity index (χ4v) is 1.17. The molecule has 4 nitrogen and oxygen atoms in total. The van der Waals surface area contributed by atoms with Crippen LogP contribution in [-0.2, 0) is 9.53 Å². The summed E-state index contributed by atoms with van der Waals surface area (Å²) in [4.78, 5) is 9.98. The highest BCUT2D eigenvalue weighted by molar-refractivity contribution is 5.70. The Bertz CT molecular complexity index is 141. The third-order valence-electron chi connectivity index (χ3n) is 2.30. The lowest BCUT2D eigenvalue weighted by Gasteiger charge is -2.19. The molecular formula is C9H17NO3. The lowest BCUT2D eigenvalue weighted by molar-refractivity contribution is -0.144. The van der Waals surface area contributed by atoms with Gasteiger partial charge in [0.2, 0.25) is 0 Å². The molecule has 0 aromatic rings. The predicted molar refractivity (Wildman–Crippen MR) is 48.7 cm³/mol. The van der Waals surface area contributed by atoms with Crippen LogP contribution in [0.15, 0.2) is 0 Å². The molecule has 1 aliphatic heterocycles. The molecule has 0 radical (unpaired) electrons. The van der Waals surface area contributed by atoms with Crippen molar-refractivity contribution in [1.82, 2.24) is 5.32 Å². The molecule has 2 rings (SSSR count). The zero-order chi connectivity index (χ0) is 9.52. The van der Waals surface area contributed by atoms with E-state index in [0.717, 1.165) is 45.6 Å². The number of carbonyl (C=O) groups is 1. The van der Waals surface area contributed by atoms with E-state index in [1.807, 2.05) is 0 Å². The molecule has 1 aliphatic carbocycles. The molecule has 76 valence electrons. The van der Waals surface area contributed by atoms with Gasteiger partial charge in [-0.1, -0.05) is 6.42 Å². The van der Waals surface area contributed by atoms with Gasteiger partial charge in [-0.15, -0.1) is 0 Å². The predicted octanol–water partition coefficient (Wildman–Crippen LogP) is 0.477. The largest absolute Gasteiger partial charge is 0.481 e. The van der Waals surface area contributed by atoms with Gasteiger partial charge in [0.05, 0.1) is 19.1 Å². The molecule has 0 unspecified atom stereocenters. The number of rotatable bonds is 1. The highest BCUT2D eigenvalue weighted by Gasteiger charge is 2.23. The molecule has 0 spiro atoms. The molecular weight excluding hydrogens is 170 g/mol. The fourth-order valence-electron chi connectivity index (χ4n) is 1.17. The standard InChI is InChI=1S/C5H8O2.C4H9NO/c6-5(7)4-2-1-3-4;1-3-6-4-2-5-1/h4H,1-3H2,(H,6,7);5H,1-4H2. The molecule has 0 amide bonds. The van der Waals surface area contributed by atoms with Crippen molar-refractivity contribution in [3.05, 3.63) is 0 Å². The van der Waals surface area contributed by atoms with Gasteiger partial charge >= 0.3 is 5.97 Å². The minimum absolute atomic E-state index is 0.000000000000000444. The second-order valence-corrected chi connectivity index (χ2v) is 3.33. The Morgan fingerprint density at radius 1 is 1.31 bits per heavy atom. The number of hydrogen-bond donors (Lipinski definition) is 2. The van der Waals surface area contributed by atoms with Crippen molar-refractivity contribution in [2.45, 2.75) is 19.3 Å². The molecule has 1 saturated heterocycles. The Hall–Kier alpha value is -0.610. The fraction of sp³-hybridized carbons (Fsp3) is 0.889. The second kappa shape index (κ2) is 5.94. The highest BCUT2D eigenvalue weighted by atomic mass is 16.5. The first-order chi connectivity index (χ1) is 6.30. The van der Waals surface area contributed by atoms with Crippen LogP contribution in [0.2, 0.25) is 0 Å². The van der Waals surface area contributed by atoms with Crippen molar-refractivity contribution >= 4 is 5.97 Å². The third kappa shape index (κ3) is 4.24. The normalized spacial score (nSPS) is 22.5. The van der Waals surface area contributed by atoms with E-state index >= 15 is 0 Å². The number of carboxylic acids is 1. The summed E-state index contributed by atoms with van der Waals surface area (Å²) in [6.07, 6.45) is 2.90. The number of hydrogen-bond acceptors (Lipinski definition) is 3. The summed E-state index contributed by atoms with van der Waals surface area (Å²) < 4.78 is 5.01. The quantitative estimate of drug-likeness (QED) is 0.626. The first kappa shape index (κ1) is 10.5. The molecule has 0 aromatic heterocycles. The van der Waals surface area contributed by atoms with E-state index in [1.165, 1.54) is 0 Å². The maximum absolute atomic E-state index is 9.98. The minimum Gasteiger partial charge on any atom is -0.481 e. The number of aliphatic carboxylic acids is 1. The van der Waals surface area contributed by atoms with Crippen LogP contribution in [0.4, 0.5) is 0 Å². The topological polar surface area (TPSA) is 58.6 Å². The molecule has 4 heteroatoms. The average molecular weight is 187 g/mol. The van der Waals surface area contributed by atoms with Gasteiger partial charge in [0.15, 0.2) is 0 Å². The van der Waals surface area contributed by atoms with Crippen molar-refractivity contribution < 1.29 is 14.6 Å². The highest BCUT2D eigenvalue weighted by Crippen LogP contribution is 2.25. The molecule has 0 atom stereocenters. The van der Waals surface area contributed by atoms with Crippen LogP contribution in [-0.4, -0.2) is 37.4 Å².